The van der Waals surface area contributed by atoms with Gasteiger partial charge in [0.15, 0.2) is 0 Å². The van der Waals surface area contributed by atoms with Crippen molar-refractivity contribution in [3.05, 3.63) is 42.2 Å². The van der Waals surface area contributed by atoms with E-state index < -0.39 is 5.41 Å². The second kappa shape index (κ2) is 8.37. The molecule has 2 heterocycles. The average Bonchev–Trinajstić information content (AvgIpc) is 3.16. The highest BCUT2D eigenvalue weighted by Crippen LogP contribution is 2.35. The third kappa shape index (κ3) is 4.21. The van der Waals surface area contributed by atoms with Crippen LogP contribution in [0.4, 0.5) is 0 Å². The molecule has 1 aliphatic heterocycles. The number of amides is 2. The van der Waals surface area contributed by atoms with Crippen molar-refractivity contribution in [1.82, 2.24) is 15.4 Å². The fourth-order valence-corrected chi connectivity index (χ4v) is 3.80. The molecule has 0 saturated carbocycles. The lowest BCUT2D eigenvalue weighted by atomic mass is 9.75. The monoisotopic (exact) mass is 369 g/mol. The van der Waals surface area contributed by atoms with Crippen LogP contribution >= 0.6 is 0 Å². The van der Waals surface area contributed by atoms with Crippen molar-refractivity contribution in [2.75, 3.05) is 19.6 Å². The second-order valence-corrected chi connectivity index (χ2v) is 7.13. The highest BCUT2D eigenvalue weighted by atomic mass is 16.5. The minimum Gasteiger partial charge on any atom is -0.361 e. The summed E-state index contributed by atoms with van der Waals surface area (Å²) in [7, 11) is 0. The third-order valence-corrected chi connectivity index (χ3v) is 5.19. The summed E-state index contributed by atoms with van der Waals surface area (Å²) in [5.74, 6) is 0.744. The molecule has 1 atom stereocenters. The standard InChI is InChI=1S/C21H27N3O3/c1-3-19(25)24-12-8-11-21(15-24,20(26)22-4-2)14-17-13-18(23-27-17)16-9-6-5-7-10-16/h5-7,9-10,13H,3-4,8,11-12,14-15H2,1-2H3,(H,22,26). The van der Waals surface area contributed by atoms with E-state index in [9.17, 15) is 9.59 Å². The van der Waals surface area contributed by atoms with Gasteiger partial charge in [0.2, 0.25) is 11.8 Å². The average molecular weight is 369 g/mol. The zero-order valence-electron chi connectivity index (χ0n) is 16.0. The van der Waals surface area contributed by atoms with Gasteiger partial charge in [-0.3, -0.25) is 9.59 Å². The van der Waals surface area contributed by atoms with Crippen LogP contribution in [0.15, 0.2) is 40.9 Å². The molecule has 1 saturated heterocycles. The number of piperidine rings is 1. The van der Waals surface area contributed by atoms with Crippen LogP contribution in [0.1, 0.15) is 38.9 Å². The van der Waals surface area contributed by atoms with Crippen LogP contribution in [0, 0.1) is 5.41 Å². The van der Waals surface area contributed by atoms with Crippen LogP contribution in [0.25, 0.3) is 11.3 Å². The molecule has 27 heavy (non-hydrogen) atoms. The topological polar surface area (TPSA) is 75.4 Å². The number of carbonyl (C=O) groups excluding carboxylic acids is 2. The van der Waals surface area contributed by atoms with Crippen molar-refractivity contribution in [2.45, 2.75) is 39.5 Å². The number of likely N-dealkylation sites (tertiary alicyclic amines) is 1. The van der Waals surface area contributed by atoms with Crippen LogP contribution in [-0.2, 0) is 16.0 Å². The van der Waals surface area contributed by atoms with E-state index in [-0.39, 0.29) is 11.8 Å². The summed E-state index contributed by atoms with van der Waals surface area (Å²) in [6.45, 7) is 5.46. The number of rotatable bonds is 6. The number of nitrogens with zero attached hydrogens (tertiary/aromatic N) is 2. The van der Waals surface area contributed by atoms with Gasteiger partial charge in [0.05, 0.1) is 5.41 Å². The summed E-state index contributed by atoms with van der Waals surface area (Å²) in [5.41, 5.74) is 1.06. The number of nitrogens with one attached hydrogen (secondary N) is 1. The fourth-order valence-electron chi connectivity index (χ4n) is 3.80. The highest BCUT2D eigenvalue weighted by Gasteiger charge is 2.44. The van der Waals surface area contributed by atoms with Gasteiger partial charge < -0.3 is 14.7 Å². The molecule has 1 unspecified atom stereocenters. The predicted molar refractivity (Wildman–Crippen MR) is 103 cm³/mol. The maximum atomic E-state index is 12.9. The Morgan fingerprint density at radius 1 is 1.26 bits per heavy atom. The van der Waals surface area contributed by atoms with Crippen molar-refractivity contribution < 1.29 is 14.1 Å². The molecule has 0 aliphatic carbocycles. The van der Waals surface area contributed by atoms with Gasteiger partial charge in [-0.05, 0) is 19.8 Å². The molecule has 6 heteroatoms. The zero-order chi connectivity index (χ0) is 19.3. The van der Waals surface area contributed by atoms with Crippen LogP contribution in [0.2, 0.25) is 0 Å². The van der Waals surface area contributed by atoms with E-state index in [1.807, 2.05) is 55.1 Å². The first-order chi connectivity index (χ1) is 13.1. The van der Waals surface area contributed by atoms with Crippen LogP contribution in [-0.4, -0.2) is 41.5 Å². The summed E-state index contributed by atoms with van der Waals surface area (Å²) in [5, 5.41) is 7.12. The Hall–Kier alpha value is -2.63. The maximum absolute atomic E-state index is 12.9. The molecule has 1 N–H and O–H groups in total. The van der Waals surface area contributed by atoms with Gasteiger partial charge in [-0.1, -0.05) is 42.4 Å². The van der Waals surface area contributed by atoms with E-state index in [4.69, 9.17) is 4.52 Å². The molecule has 144 valence electrons. The number of hydrogen-bond donors (Lipinski definition) is 1. The van der Waals surface area contributed by atoms with Crippen molar-refractivity contribution >= 4 is 11.8 Å². The van der Waals surface area contributed by atoms with Gasteiger partial charge in [-0.15, -0.1) is 0 Å². The Balaban J connectivity index is 1.85. The molecule has 1 aromatic heterocycles. The highest BCUT2D eigenvalue weighted by molar-refractivity contribution is 5.85. The Labute approximate surface area is 159 Å². The van der Waals surface area contributed by atoms with Gasteiger partial charge in [-0.2, -0.15) is 0 Å². The first-order valence-electron chi connectivity index (χ1n) is 9.65. The Bertz CT molecular complexity index is 787. The Morgan fingerprint density at radius 3 is 2.74 bits per heavy atom. The summed E-state index contributed by atoms with van der Waals surface area (Å²) in [6.07, 6.45) is 2.42. The SMILES string of the molecule is CCNC(=O)C1(Cc2cc(-c3ccccc3)no2)CCCN(C(=O)CC)C1. The van der Waals surface area contributed by atoms with Crippen LogP contribution in [0.3, 0.4) is 0 Å². The minimum atomic E-state index is -0.674. The summed E-state index contributed by atoms with van der Waals surface area (Å²) >= 11 is 0. The van der Waals surface area contributed by atoms with Gasteiger partial charge in [0.25, 0.3) is 0 Å². The van der Waals surface area contributed by atoms with Gasteiger partial charge in [-0.25, -0.2) is 0 Å². The lowest BCUT2D eigenvalue weighted by Crippen LogP contribution is -2.54. The number of aromatic nitrogens is 1. The normalized spacial score (nSPS) is 19.7. The summed E-state index contributed by atoms with van der Waals surface area (Å²) in [4.78, 5) is 27.0. The predicted octanol–water partition coefficient (Wildman–Crippen LogP) is 3.04. The molecular weight excluding hydrogens is 342 g/mol. The molecule has 0 radical (unpaired) electrons. The molecule has 2 aromatic rings. The van der Waals surface area contributed by atoms with Crippen molar-refractivity contribution in [2.24, 2.45) is 5.41 Å². The minimum absolute atomic E-state index is 0.0173. The fraction of sp³-hybridized carbons (Fsp3) is 0.476. The Morgan fingerprint density at radius 2 is 2.04 bits per heavy atom. The molecule has 0 spiro atoms. The summed E-state index contributed by atoms with van der Waals surface area (Å²) < 4.78 is 5.56. The lowest BCUT2D eigenvalue weighted by Gasteiger charge is -2.41. The molecule has 1 aliphatic rings. The maximum Gasteiger partial charge on any atom is 0.228 e. The van der Waals surface area contributed by atoms with E-state index >= 15 is 0 Å². The lowest BCUT2D eigenvalue weighted by molar-refractivity contribution is -0.141. The zero-order valence-corrected chi connectivity index (χ0v) is 16.0. The number of carbonyl (C=O) groups is 2. The van der Waals surface area contributed by atoms with E-state index in [2.05, 4.69) is 10.5 Å². The molecule has 1 aromatic carbocycles. The largest absolute Gasteiger partial charge is 0.361 e. The molecule has 3 rings (SSSR count). The van der Waals surface area contributed by atoms with Gasteiger partial charge >= 0.3 is 0 Å². The van der Waals surface area contributed by atoms with E-state index in [0.717, 1.165) is 24.1 Å². The van der Waals surface area contributed by atoms with E-state index in [0.29, 0.717) is 38.2 Å². The first-order valence-corrected chi connectivity index (χ1v) is 9.65. The van der Waals surface area contributed by atoms with Crippen LogP contribution < -0.4 is 5.32 Å². The van der Waals surface area contributed by atoms with E-state index in [1.165, 1.54) is 0 Å². The molecular formula is C21H27N3O3. The first kappa shape index (κ1) is 19.1. The smallest absolute Gasteiger partial charge is 0.228 e. The summed E-state index contributed by atoms with van der Waals surface area (Å²) in [6, 6.07) is 11.7. The van der Waals surface area contributed by atoms with E-state index in [1.54, 1.807) is 0 Å². The Kier molecular flexibility index (Phi) is 5.94. The molecule has 6 nitrogen and oxygen atoms in total. The number of hydrogen-bond acceptors (Lipinski definition) is 4. The molecule has 0 bridgehead atoms. The van der Waals surface area contributed by atoms with Crippen molar-refractivity contribution in [3.8, 4) is 11.3 Å². The van der Waals surface area contributed by atoms with Crippen molar-refractivity contribution in [3.63, 3.8) is 0 Å². The van der Waals surface area contributed by atoms with Gasteiger partial charge in [0, 0.05) is 44.1 Å². The van der Waals surface area contributed by atoms with Crippen LogP contribution in [0.5, 0.6) is 0 Å². The quantitative estimate of drug-likeness (QED) is 0.849. The molecule has 1 fully saturated rings. The third-order valence-electron chi connectivity index (χ3n) is 5.19. The number of benzene rings is 1. The molecule has 2 amide bonds. The van der Waals surface area contributed by atoms with Gasteiger partial charge in [0.1, 0.15) is 11.5 Å². The second-order valence-electron chi connectivity index (χ2n) is 7.13. The van der Waals surface area contributed by atoms with Crippen molar-refractivity contribution in [1.29, 1.82) is 0 Å².